The van der Waals surface area contributed by atoms with E-state index < -0.39 is 10.0 Å². The lowest BCUT2D eigenvalue weighted by Gasteiger charge is -2.31. The normalized spacial score (nSPS) is 14.5. The summed E-state index contributed by atoms with van der Waals surface area (Å²) in [6.07, 6.45) is 3.33. The molecule has 1 aliphatic heterocycles. The topological polar surface area (TPSA) is 79.0 Å². The van der Waals surface area contributed by atoms with Crippen molar-refractivity contribution in [3.05, 3.63) is 54.1 Å². The van der Waals surface area contributed by atoms with Gasteiger partial charge in [-0.2, -0.15) is 4.31 Å². The van der Waals surface area contributed by atoms with Gasteiger partial charge in [-0.1, -0.05) is 44.2 Å². The van der Waals surface area contributed by atoms with Gasteiger partial charge < -0.3 is 15.0 Å². The van der Waals surface area contributed by atoms with Gasteiger partial charge in [-0.05, 0) is 43.0 Å². The van der Waals surface area contributed by atoms with Crippen LogP contribution in [0.2, 0.25) is 0 Å². The Morgan fingerprint density at radius 1 is 1.03 bits per heavy atom. The van der Waals surface area contributed by atoms with Gasteiger partial charge in [0.05, 0.1) is 22.9 Å². The summed E-state index contributed by atoms with van der Waals surface area (Å²) in [7, 11) is -3.63. The summed E-state index contributed by atoms with van der Waals surface area (Å²) in [6.45, 7) is 6.41. The smallest absolute Gasteiger partial charge is 0.250 e. The number of benzene rings is 2. The lowest BCUT2D eigenvalue weighted by Crippen LogP contribution is -2.32. The SMILES string of the molecule is CCN(CC)S(=O)(=O)c1ccc(N2CCCCC2)c(NC(=O)COCc2ccccc2)c1. The summed E-state index contributed by atoms with van der Waals surface area (Å²) >= 11 is 0. The molecule has 2 aromatic carbocycles. The minimum absolute atomic E-state index is 0.110. The molecular weight excluding hydrogens is 426 g/mol. The average Bonchev–Trinajstić information content (AvgIpc) is 2.81. The quantitative estimate of drug-likeness (QED) is 0.584. The predicted molar refractivity (Wildman–Crippen MR) is 127 cm³/mol. The second kappa shape index (κ2) is 11.4. The van der Waals surface area contributed by atoms with Gasteiger partial charge in [0.25, 0.3) is 0 Å². The third-order valence-corrected chi connectivity index (χ3v) is 7.67. The van der Waals surface area contributed by atoms with Crippen LogP contribution in [0.15, 0.2) is 53.4 Å². The summed E-state index contributed by atoms with van der Waals surface area (Å²) in [5, 5.41) is 2.89. The highest BCUT2D eigenvalue weighted by Crippen LogP contribution is 2.32. The first-order chi connectivity index (χ1) is 15.5. The maximum atomic E-state index is 13.0. The fraction of sp³-hybridized carbons (Fsp3) is 0.458. The van der Waals surface area contributed by atoms with Crippen LogP contribution in [-0.4, -0.2) is 51.4 Å². The highest BCUT2D eigenvalue weighted by atomic mass is 32.2. The van der Waals surface area contributed by atoms with Gasteiger partial charge in [0.1, 0.15) is 6.61 Å². The van der Waals surface area contributed by atoms with Gasteiger partial charge >= 0.3 is 0 Å². The molecule has 7 nitrogen and oxygen atoms in total. The monoisotopic (exact) mass is 459 g/mol. The number of carbonyl (C=O) groups is 1. The number of nitrogens with one attached hydrogen (secondary N) is 1. The van der Waals surface area contributed by atoms with Crippen molar-refractivity contribution < 1.29 is 17.9 Å². The molecule has 0 aliphatic carbocycles. The van der Waals surface area contributed by atoms with Crippen LogP contribution in [0.5, 0.6) is 0 Å². The summed E-state index contributed by atoms with van der Waals surface area (Å²) in [5.41, 5.74) is 2.34. The van der Waals surface area contributed by atoms with Crippen molar-refractivity contribution in [2.24, 2.45) is 0 Å². The molecule has 1 N–H and O–H groups in total. The summed E-state index contributed by atoms with van der Waals surface area (Å²) in [5.74, 6) is -0.309. The third kappa shape index (κ3) is 6.09. The summed E-state index contributed by atoms with van der Waals surface area (Å²) in [6, 6.07) is 14.7. The number of rotatable bonds is 10. The van der Waals surface area contributed by atoms with Crippen molar-refractivity contribution in [2.45, 2.75) is 44.6 Å². The van der Waals surface area contributed by atoms with E-state index in [1.165, 1.54) is 10.7 Å². The fourth-order valence-electron chi connectivity index (χ4n) is 3.92. The van der Waals surface area contributed by atoms with Crippen molar-refractivity contribution in [3.63, 3.8) is 0 Å². The van der Waals surface area contributed by atoms with E-state index in [0.29, 0.717) is 25.4 Å². The zero-order chi connectivity index (χ0) is 23.0. The van der Waals surface area contributed by atoms with E-state index in [0.717, 1.165) is 37.2 Å². The molecule has 0 saturated carbocycles. The molecule has 1 heterocycles. The highest BCUT2D eigenvalue weighted by Gasteiger charge is 2.24. The van der Waals surface area contributed by atoms with Crippen LogP contribution in [0, 0.1) is 0 Å². The first kappa shape index (κ1) is 24.2. The van der Waals surface area contributed by atoms with Crippen LogP contribution < -0.4 is 10.2 Å². The number of nitrogens with zero attached hydrogens (tertiary/aromatic N) is 2. The van der Waals surface area contributed by atoms with Gasteiger partial charge in [-0.15, -0.1) is 0 Å². The average molecular weight is 460 g/mol. The van der Waals surface area contributed by atoms with Gasteiger partial charge in [0.15, 0.2) is 0 Å². The molecule has 1 aliphatic rings. The van der Waals surface area contributed by atoms with E-state index in [1.807, 2.05) is 50.2 Å². The molecule has 0 spiro atoms. The maximum Gasteiger partial charge on any atom is 0.250 e. The molecule has 3 rings (SSSR count). The Bertz CT molecular complexity index is 986. The molecule has 1 fully saturated rings. The molecule has 0 aromatic heterocycles. The number of amides is 1. The molecule has 0 bridgehead atoms. The van der Waals surface area contributed by atoms with Crippen molar-refractivity contribution in [2.75, 3.05) is 43.0 Å². The molecule has 2 aromatic rings. The Kier molecular flexibility index (Phi) is 8.67. The highest BCUT2D eigenvalue weighted by molar-refractivity contribution is 7.89. The molecule has 0 radical (unpaired) electrons. The Morgan fingerprint density at radius 2 is 1.72 bits per heavy atom. The number of anilines is 2. The van der Waals surface area contributed by atoms with Crippen LogP contribution in [0.4, 0.5) is 11.4 Å². The molecule has 32 heavy (non-hydrogen) atoms. The maximum absolute atomic E-state index is 13.0. The van der Waals surface area contributed by atoms with Crippen molar-refractivity contribution in [3.8, 4) is 0 Å². The summed E-state index contributed by atoms with van der Waals surface area (Å²) in [4.78, 5) is 15.0. The number of piperidine rings is 1. The van der Waals surface area contributed by atoms with E-state index in [-0.39, 0.29) is 17.4 Å². The fourth-order valence-corrected chi connectivity index (χ4v) is 5.41. The standard InChI is InChI=1S/C24H33N3O4S/c1-3-27(4-2)32(29,30)21-13-14-23(26-15-9-6-10-16-26)22(17-21)25-24(28)19-31-18-20-11-7-5-8-12-20/h5,7-8,11-14,17H,3-4,6,9-10,15-16,18-19H2,1-2H3,(H,25,28). The number of ether oxygens (including phenoxy) is 1. The Balaban J connectivity index is 1.79. The third-order valence-electron chi connectivity index (χ3n) is 5.63. The van der Waals surface area contributed by atoms with E-state index >= 15 is 0 Å². The van der Waals surface area contributed by atoms with Crippen LogP contribution in [-0.2, 0) is 26.2 Å². The molecule has 8 heteroatoms. The van der Waals surface area contributed by atoms with E-state index in [4.69, 9.17) is 4.74 Å². The second-order valence-electron chi connectivity index (χ2n) is 7.84. The van der Waals surface area contributed by atoms with Crippen molar-refractivity contribution in [1.82, 2.24) is 4.31 Å². The first-order valence-electron chi connectivity index (χ1n) is 11.3. The molecule has 0 atom stereocenters. The summed E-state index contributed by atoms with van der Waals surface area (Å²) < 4.78 is 33.0. The van der Waals surface area contributed by atoms with E-state index in [9.17, 15) is 13.2 Å². The number of sulfonamides is 1. The van der Waals surface area contributed by atoms with E-state index in [2.05, 4.69) is 10.2 Å². The zero-order valence-corrected chi connectivity index (χ0v) is 19.7. The molecule has 1 saturated heterocycles. The van der Waals surface area contributed by atoms with Gasteiger partial charge in [-0.3, -0.25) is 4.79 Å². The van der Waals surface area contributed by atoms with Crippen LogP contribution in [0.1, 0.15) is 38.7 Å². The lowest BCUT2D eigenvalue weighted by molar-refractivity contribution is -0.121. The number of hydrogen-bond acceptors (Lipinski definition) is 5. The second-order valence-corrected chi connectivity index (χ2v) is 9.78. The van der Waals surface area contributed by atoms with Gasteiger partial charge in [0, 0.05) is 26.2 Å². The largest absolute Gasteiger partial charge is 0.370 e. The predicted octanol–water partition coefficient (Wildman–Crippen LogP) is 3.86. The van der Waals surface area contributed by atoms with Gasteiger partial charge in [0.2, 0.25) is 15.9 Å². The molecule has 174 valence electrons. The van der Waals surface area contributed by atoms with Gasteiger partial charge in [-0.25, -0.2) is 8.42 Å². The van der Waals surface area contributed by atoms with Crippen LogP contribution in [0.3, 0.4) is 0 Å². The lowest BCUT2D eigenvalue weighted by atomic mass is 10.1. The van der Waals surface area contributed by atoms with Crippen LogP contribution >= 0.6 is 0 Å². The minimum atomic E-state index is -3.63. The van der Waals surface area contributed by atoms with Crippen LogP contribution in [0.25, 0.3) is 0 Å². The van der Waals surface area contributed by atoms with E-state index in [1.54, 1.807) is 12.1 Å². The molecular formula is C24H33N3O4S. The Labute approximate surface area is 191 Å². The first-order valence-corrected chi connectivity index (χ1v) is 12.7. The molecule has 1 amide bonds. The van der Waals surface area contributed by atoms with Crippen molar-refractivity contribution in [1.29, 1.82) is 0 Å². The zero-order valence-electron chi connectivity index (χ0n) is 18.9. The molecule has 0 unspecified atom stereocenters. The number of hydrogen-bond donors (Lipinski definition) is 1. The Hall–Kier alpha value is -2.42. The minimum Gasteiger partial charge on any atom is -0.370 e. The van der Waals surface area contributed by atoms with Crippen molar-refractivity contribution >= 4 is 27.3 Å². The number of carbonyl (C=O) groups excluding carboxylic acids is 1. The Morgan fingerprint density at radius 3 is 2.38 bits per heavy atom.